The SMILES string of the molecule is COc1ccccc1NC(=O)C1C(C)=NC(SC)=C(C#N)[C@@H]1c1ccccc1F. The molecule has 1 amide bonds. The number of thioether (sulfide) groups is 1. The maximum atomic E-state index is 14.7. The Balaban J connectivity index is 2.09. The molecule has 0 aromatic heterocycles. The van der Waals surface area contributed by atoms with Crippen LogP contribution in [0.4, 0.5) is 10.1 Å². The van der Waals surface area contributed by atoms with Gasteiger partial charge < -0.3 is 10.1 Å². The topological polar surface area (TPSA) is 74.5 Å². The molecule has 2 atom stereocenters. The van der Waals surface area contributed by atoms with E-state index in [4.69, 9.17) is 4.74 Å². The van der Waals surface area contributed by atoms with Gasteiger partial charge in [-0.1, -0.05) is 30.3 Å². The van der Waals surface area contributed by atoms with E-state index in [1.165, 1.54) is 24.9 Å². The lowest BCUT2D eigenvalue weighted by atomic mass is 9.76. The minimum Gasteiger partial charge on any atom is -0.495 e. The van der Waals surface area contributed by atoms with Crippen LogP contribution in [0.15, 0.2) is 64.1 Å². The van der Waals surface area contributed by atoms with E-state index < -0.39 is 17.7 Å². The van der Waals surface area contributed by atoms with Gasteiger partial charge in [0.05, 0.1) is 30.4 Å². The Morgan fingerprint density at radius 3 is 2.59 bits per heavy atom. The zero-order chi connectivity index (χ0) is 21.0. The van der Waals surface area contributed by atoms with Crippen LogP contribution in [0.3, 0.4) is 0 Å². The van der Waals surface area contributed by atoms with Gasteiger partial charge in [-0.15, -0.1) is 11.8 Å². The highest BCUT2D eigenvalue weighted by Gasteiger charge is 2.40. The number of methoxy groups -OCH3 is 1. The molecule has 29 heavy (non-hydrogen) atoms. The van der Waals surface area contributed by atoms with Crippen LogP contribution in [-0.2, 0) is 4.79 Å². The lowest BCUT2D eigenvalue weighted by Crippen LogP contribution is -2.36. The highest BCUT2D eigenvalue weighted by molar-refractivity contribution is 8.02. The third-order valence-electron chi connectivity index (χ3n) is 4.80. The largest absolute Gasteiger partial charge is 0.495 e. The van der Waals surface area contributed by atoms with Gasteiger partial charge in [-0.2, -0.15) is 5.26 Å². The fourth-order valence-corrected chi connectivity index (χ4v) is 4.09. The molecule has 0 saturated heterocycles. The molecule has 0 aliphatic carbocycles. The van der Waals surface area contributed by atoms with Gasteiger partial charge in [-0.3, -0.25) is 4.79 Å². The molecule has 0 spiro atoms. The first kappa shape index (κ1) is 20.6. The number of carbonyl (C=O) groups is 1. The number of nitrogens with zero attached hydrogens (tertiary/aromatic N) is 2. The number of carbonyl (C=O) groups excluding carboxylic acids is 1. The Bertz CT molecular complexity index is 1040. The van der Waals surface area contributed by atoms with Crippen LogP contribution >= 0.6 is 11.8 Å². The standard InChI is InChI=1S/C22H20FN3O2S/c1-13-19(21(27)26-17-10-6-7-11-18(17)28-2)20(14-8-4-5-9-16(14)23)15(12-24)22(25-13)29-3/h4-11,19-20H,1-3H3,(H,26,27)/t19?,20-/m0/s1. The molecule has 1 aliphatic rings. The number of amides is 1. The summed E-state index contributed by atoms with van der Waals surface area (Å²) in [5.41, 5.74) is 1.60. The first-order valence-electron chi connectivity index (χ1n) is 8.93. The van der Waals surface area contributed by atoms with Crippen molar-refractivity contribution >= 4 is 29.1 Å². The predicted molar refractivity (Wildman–Crippen MR) is 114 cm³/mol. The number of nitriles is 1. The van der Waals surface area contributed by atoms with Gasteiger partial charge in [0, 0.05) is 11.6 Å². The van der Waals surface area contributed by atoms with Crippen molar-refractivity contribution < 1.29 is 13.9 Å². The molecule has 1 aliphatic heterocycles. The number of ether oxygens (including phenoxy) is 1. The van der Waals surface area contributed by atoms with Gasteiger partial charge in [-0.05, 0) is 36.9 Å². The van der Waals surface area contributed by atoms with Gasteiger partial charge in [0.2, 0.25) is 5.91 Å². The van der Waals surface area contributed by atoms with Crippen molar-refractivity contribution in [2.45, 2.75) is 12.8 Å². The summed E-state index contributed by atoms with van der Waals surface area (Å²) in [6, 6.07) is 15.4. The summed E-state index contributed by atoms with van der Waals surface area (Å²) in [6.45, 7) is 1.73. The molecule has 5 nitrogen and oxygen atoms in total. The van der Waals surface area contributed by atoms with E-state index >= 15 is 0 Å². The number of allylic oxidation sites excluding steroid dienone is 1. The molecule has 0 fully saturated rings. The monoisotopic (exact) mass is 409 g/mol. The first-order valence-corrected chi connectivity index (χ1v) is 10.2. The van der Waals surface area contributed by atoms with Crippen LogP contribution in [-0.4, -0.2) is 25.0 Å². The molecule has 7 heteroatoms. The average Bonchev–Trinajstić information content (AvgIpc) is 2.73. The smallest absolute Gasteiger partial charge is 0.234 e. The van der Waals surface area contributed by atoms with Crippen molar-refractivity contribution in [1.29, 1.82) is 5.26 Å². The Morgan fingerprint density at radius 2 is 1.93 bits per heavy atom. The second-order valence-electron chi connectivity index (χ2n) is 6.45. The summed E-state index contributed by atoms with van der Waals surface area (Å²) in [5, 5.41) is 13.2. The maximum Gasteiger partial charge on any atom is 0.234 e. The summed E-state index contributed by atoms with van der Waals surface area (Å²) < 4.78 is 20.0. The predicted octanol–water partition coefficient (Wildman–Crippen LogP) is 4.75. The normalized spacial score (nSPS) is 18.7. The number of nitrogens with one attached hydrogen (secondary N) is 1. The minimum atomic E-state index is -0.831. The highest BCUT2D eigenvalue weighted by Crippen LogP contribution is 2.42. The number of hydrogen-bond acceptors (Lipinski definition) is 5. The van der Waals surface area contributed by atoms with Crippen LogP contribution in [0.1, 0.15) is 18.4 Å². The summed E-state index contributed by atoms with van der Waals surface area (Å²) in [4.78, 5) is 17.8. The van der Waals surface area contributed by atoms with Crippen molar-refractivity contribution in [2.75, 3.05) is 18.7 Å². The van der Waals surface area contributed by atoms with E-state index in [9.17, 15) is 14.4 Å². The lowest BCUT2D eigenvalue weighted by molar-refractivity contribution is -0.118. The van der Waals surface area contributed by atoms with Crippen molar-refractivity contribution in [3.63, 3.8) is 0 Å². The summed E-state index contributed by atoms with van der Waals surface area (Å²) in [6.07, 6.45) is 1.80. The maximum absolute atomic E-state index is 14.7. The molecule has 1 heterocycles. The number of halogens is 1. The first-order chi connectivity index (χ1) is 14.0. The molecule has 2 aromatic rings. The Morgan fingerprint density at radius 1 is 1.24 bits per heavy atom. The lowest BCUT2D eigenvalue weighted by Gasteiger charge is -2.31. The van der Waals surface area contributed by atoms with E-state index in [0.29, 0.717) is 27.7 Å². The molecule has 3 rings (SSSR count). The van der Waals surface area contributed by atoms with E-state index in [0.717, 1.165) is 0 Å². The summed E-state index contributed by atoms with van der Waals surface area (Å²) in [7, 11) is 1.52. The van der Waals surface area contributed by atoms with Crippen LogP contribution in [0.5, 0.6) is 5.75 Å². The van der Waals surface area contributed by atoms with E-state index in [-0.39, 0.29) is 11.5 Å². The molecule has 1 N–H and O–H groups in total. The Kier molecular flexibility index (Phi) is 6.35. The molecule has 2 aromatic carbocycles. The van der Waals surface area contributed by atoms with Gasteiger partial charge in [0.25, 0.3) is 0 Å². The fourth-order valence-electron chi connectivity index (χ4n) is 3.47. The average molecular weight is 409 g/mol. The molecule has 148 valence electrons. The number of anilines is 1. The second-order valence-corrected chi connectivity index (χ2v) is 7.25. The molecular weight excluding hydrogens is 389 g/mol. The van der Waals surface area contributed by atoms with Gasteiger partial charge in [0.1, 0.15) is 16.6 Å². The Hall–Kier alpha value is -3.11. The highest BCUT2D eigenvalue weighted by atomic mass is 32.2. The Labute approximate surface area is 173 Å². The van der Waals surface area contributed by atoms with Gasteiger partial charge in [0.15, 0.2) is 0 Å². The third kappa shape index (κ3) is 4.03. The van der Waals surface area contributed by atoms with E-state index in [2.05, 4.69) is 16.4 Å². The van der Waals surface area contributed by atoms with E-state index in [1.807, 2.05) is 0 Å². The van der Waals surface area contributed by atoms with Crippen LogP contribution in [0.25, 0.3) is 0 Å². The minimum absolute atomic E-state index is 0.286. The molecular formula is C22H20FN3O2S. The van der Waals surface area contributed by atoms with Crippen molar-refractivity contribution in [3.8, 4) is 11.8 Å². The number of benzene rings is 2. The number of hydrogen-bond donors (Lipinski definition) is 1. The van der Waals surface area contributed by atoms with Crippen molar-refractivity contribution in [1.82, 2.24) is 0 Å². The quantitative estimate of drug-likeness (QED) is 0.774. The van der Waals surface area contributed by atoms with E-state index in [1.54, 1.807) is 55.6 Å². The molecule has 0 saturated carbocycles. The zero-order valence-electron chi connectivity index (χ0n) is 16.3. The number of para-hydroxylation sites is 2. The van der Waals surface area contributed by atoms with Gasteiger partial charge >= 0.3 is 0 Å². The number of aliphatic imine (C=N–C) groups is 1. The fraction of sp³-hybridized carbons (Fsp3) is 0.227. The molecule has 0 radical (unpaired) electrons. The summed E-state index contributed by atoms with van der Waals surface area (Å²) in [5.74, 6) is -1.93. The van der Waals surface area contributed by atoms with Crippen LogP contribution in [0, 0.1) is 23.1 Å². The number of rotatable bonds is 5. The molecule has 0 bridgehead atoms. The zero-order valence-corrected chi connectivity index (χ0v) is 17.1. The second kappa shape index (κ2) is 8.93. The van der Waals surface area contributed by atoms with Crippen LogP contribution in [0.2, 0.25) is 0 Å². The van der Waals surface area contributed by atoms with Crippen molar-refractivity contribution in [3.05, 3.63) is 70.5 Å². The van der Waals surface area contributed by atoms with Gasteiger partial charge in [-0.25, -0.2) is 9.38 Å². The third-order valence-corrected chi connectivity index (χ3v) is 5.50. The molecule has 1 unspecified atom stereocenters. The summed E-state index contributed by atoms with van der Waals surface area (Å²) >= 11 is 1.31. The van der Waals surface area contributed by atoms with Crippen molar-refractivity contribution in [2.24, 2.45) is 10.9 Å². The van der Waals surface area contributed by atoms with Crippen LogP contribution < -0.4 is 10.1 Å².